The molecule has 128 valence electrons. The van der Waals surface area contributed by atoms with Crippen LogP contribution in [0.3, 0.4) is 0 Å². The summed E-state index contributed by atoms with van der Waals surface area (Å²) in [6.45, 7) is 5.05. The molecule has 3 rings (SSSR count). The number of nitrogens with one attached hydrogen (secondary N) is 1. The summed E-state index contributed by atoms with van der Waals surface area (Å²) in [5.41, 5.74) is 2.89. The maximum Gasteiger partial charge on any atom is 0.251 e. The van der Waals surface area contributed by atoms with Gasteiger partial charge in [0.15, 0.2) is 0 Å². The van der Waals surface area contributed by atoms with Gasteiger partial charge in [0.05, 0.1) is 17.9 Å². The number of H-pyrrole nitrogens is 1. The van der Waals surface area contributed by atoms with Crippen molar-refractivity contribution in [3.8, 4) is 11.4 Å². The smallest absolute Gasteiger partial charge is 0.251 e. The fourth-order valence-corrected chi connectivity index (χ4v) is 3.11. The zero-order valence-electron chi connectivity index (χ0n) is 13.9. The maximum absolute atomic E-state index is 12.4. The van der Waals surface area contributed by atoms with E-state index in [0.717, 1.165) is 22.8 Å². The number of amides is 1. The van der Waals surface area contributed by atoms with Crippen molar-refractivity contribution in [3.63, 3.8) is 0 Å². The highest BCUT2D eigenvalue weighted by molar-refractivity contribution is 6.30. The molecular formula is C18H22ClN3O2. The molecule has 2 aromatic rings. The number of fused-ring (bicyclic) bond motifs is 1. The minimum Gasteiger partial charge on any atom is -0.383 e. The van der Waals surface area contributed by atoms with E-state index in [1.807, 2.05) is 38.1 Å². The topological polar surface area (TPSA) is 69.2 Å². The van der Waals surface area contributed by atoms with Crippen LogP contribution in [0, 0.1) is 5.92 Å². The number of aromatic nitrogens is 2. The average Bonchev–Trinajstić information content (AvgIpc) is 2.97. The van der Waals surface area contributed by atoms with Crippen LogP contribution in [0.4, 0.5) is 0 Å². The fraction of sp³-hybridized carbons (Fsp3) is 0.444. The molecule has 2 N–H and O–H groups in total. The first-order chi connectivity index (χ1) is 11.4. The van der Waals surface area contributed by atoms with Gasteiger partial charge in [-0.2, -0.15) is 0 Å². The molecule has 1 amide bonds. The number of aliphatic hydroxyl groups excluding tert-OH is 1. The SMILES string of the molecule is CC(C)C[C@H](O)C(=O)N1CCc2nc(-c3ccc(Cl)cc3)[nH]c2C1. The van der Waals surface area contributed by atoms with Crippen molar-refractivity contribution in [2.75, 3.05) is 6.54 Å². The zero-order chi connectivity index (χ0) is 17.3. The second-order valence-corrected chi connectivity index (χ2v) is 7.11. The lowest BCUT2D eigenvalue weighted by Gasteiger charge is -2.28. The minimum absolute atomic E-state index is 0.197. The number of imidazole rings is 1. The van der Waals surface area contributed by atoms with Crippen molar-refractivity contribution in [3.05, 3.63) is 40.7 Å². The Labute approximate surface area is 146 Å². The summed E-state index contributed by atoms with van der Waals surface area (Å²) in [6, 6.07) is 7.50. The predicted octanol–water partition coefficient (Wildman–Crippen LogP) is 3.02. The van der Waals surface area contributed by atoms with Gasteiger partial charge in [-0.05, 0) is 36.6 Å². The highest BCUT2D eigenvalue weighted by Gasteiger charge is 2.28. The Kier molecular flexibility index (Phi) is 4.92. The van der Waals surface area contributed by atoms with E-state index < -0.39 is 6.10 Å². The third-order valence-corrected chi connectivity index (χ3v) is 4.49. The van der Waals surface area contributed by atoms with Gasteiger partial charge in [-0.15, -0.1) is 0 Å². The van der Waals surface area contributed by atoms with E-state index in [1.165, 1.54) is 0 Å². The van der Waals surface area contributed by atoms with Crippen molar-refractivity contribution in [2.24, 2.45) is 5.92 Å². The number of rotatable bonds is 4. The van der Waals surface area contributed by atoms with Crippen molar-refractivity contribution in [2.45, 2.75) is 39.3 Å². The number of benzene rings is 1. The number of halogens is 1. The molecule has 0 spiro atoms. The minimum atomic E-state index is -0.926. The lowest BCUT2D eigenvalue weighted by atomic mass is 10.0. The van der Waals surface area contributed by atoms with Crippen LogP contribution in [-0.2, 0) is 17.8 Å². The predicted molar refractivity (Wildman–Crippen MR) is 93.6 cm³/mol. The number of hydrogen-bond donors (Lipinski definition) is 2. The molecule has 1 aromatic carbocycles. The van der Waals surface area contributed by atoms with E-state index in [0.29, 0.717) is 31.0 Å². The molecule has 2 heterocycles. The van der Waals surface area contributed by atoms with Crippen LogP contribution in [0.2, 0.25) is 5.02 Å². The quantitative estimate of drug-likeness (QED) is 0.893. The molecule has 1 atom stereocenters. The highest BCUT2D eigenvalue weighted by atomic mass is 35.5. The first kappa shape index (κ1) is 17.0. The van der Waals surface area contributed by atoms with Gasteiger partial charge in [-0.3, -0.25) is 4.79 Å². The molecule has 0 saturated heterocycles. The molecular weight excluding hydrogens is 326 g/mol. The van der Waals surface area contributed by atoms with Gasteiger partial charge in [-0.1, -0.05) is 25.4 Å². The molecule has 0 aliphatic carbocycles. The van der Waals surface area contributed by atoms with Crippen LogP contribution < -0.4 is 0 Å². The average molecular weight is 348 g/mol. The van der Waals surface area contributed by atoms with Crippen LogP contribution in [0.25, 0.3) is 11.4 Å². The number of carbonyl (C=O) groups is 1. The molecule has 5 nitrogen and oxygen atoms in total. The number of carbonyl (C=O) groups excluding carboxylic acids is 1. The van der Waals surface area contributed by atoms with Crippen molar-refractivity contribution in [1.29, 1.82) is 0 Å². The maximum atomic E-state index is 12.4. The lowest BCUT2D eigenvalue weighted by molar-refractivity contribution is -0.142. The molecule has 0 radical (unpaired) electrons. The van der Waals surface area contributed by atoms with Crippen LogP contribution in [0.15, 0.2) is 24.3 Å². The lowest BCUT2D eigenvalue weighted by Crippen LogP contribution is -2.42. The summed E-state index contributed by atoms with van der Waals surface area (Å²) in [5.74, 6) is 0.874. The second-order valence-electron chi connectivity index (χ2n) is 6.67. The Morgan fingerprint density at radius 3 is 2.75 bits per heavy atom. The molecule has 24 heavy (non-hydrogen) atoms. The van der Waals surface area contributed by atoms with Gasteiger partial charge in [0.25, 0.3) is 5.91 Å². The van der Waals surface area contributed by atoms with Gasteiger partial charge >= 0.3 is 0 Å². The summed E-state index contributed by atoms with van der Waals surface area (Å²) in [6.07, 6.45) is 0.256. The van der Waals surface area contributed by atoms with Crippen LogP contribution in [-0.4, -0.2) is 38.5 Å². The van der Waals surface area contributed by atoms with E-state index in [1.54, 1.807) is 4.90 Å². The third-order valence-electron chi connectivity index (χ3n) is 4.24. The second kappa shape index (κ2) is 6.95. The van der Waals surface area contributed by atoms with Gasteiger partial charge in [0.1, 0.15) is 11.9 Å². The van der Waals surface area contributed by atoms with Crippen LogP contribution in [0.1, 0.15) is 31.7 Å². The van der Waals surface area contributed by atoms with Crippen molar-refractivity contribution in [1.82, 2.24) is 14.9 Å². The third kappa shape index (κ3) is 3.62. The summed E-state index contributed by atoms with van der Waals surface area (Å²) in [7, 11) is 0. The van der Waals surface area contributed by atoms with Crippen LogP contribution >= 0.6 is 11.6 Å². The fourth-order valence-electron chi connectivity index (χ4n) is 2.98. The Morgan fingerprint density at radius 1 is 1.38 bits per heavy atom. The van der Waals surface area contributed by atoms with E-state index >= 15 is 0 Å². The molecule has 0 fully saturated rings. The molecule has 0 unspecified atom stereocenters. The molecule has 0 saturated carbocycles. The monoisotopic (exact) mass is 347 g/mol. The first-order valence-electron chi connectivity index (χ1n) is 8.24. The molecule has 1 aliphatic rings. The molecule has 1 aromatic heterocycles. The number of aromatic amines is 1. The number of hydrogen-bond acceptors (Lipinski definition) is 3. The first-order valence-corrected chi connectivity index (χ1v) is 8.62. The summed E-state index contributed by atoms with van der Waals surface area (Å²) in [5, 5.41) is 10.8. The van der Waals surface area contributed by atoms with Crippen molar-refractivity contribution < 1.29 is 9.90 Å². The van der Waals surface area contributed by atoms with Crippen LogP contribution in [0.5, 0.6) is 0 Å². The van der Waals surface area contributed by atoms with Gasteiger partial charge in [-0.25, -0.2) is 4.98 Å². The summed E-state index contributed by atoms with van der Waals surface area (Å²) in [4.78, 5) is 22.0. The summed E-state index contributed by atoms with van der Waals surface area (Å²) >= 11 is 5.92. The largest absolute Gasteiger partial charge is 0.383 e. The molecule has 6 heteroatoms. The van der Waals surface area contributed by atoms with Gasteiger partial charge in [0.2, 0.25) is 0 Å². The van der Waals surface area contributed by atoms with E-state index in [-0.39, 0.29) is 11.8 Å². The Morgan fingerprint density at radius 2 is 2.08 bits per heavy atom. The standard InChI is InChI=1S/C18H22ClN3O2/c1-11(2)9-16(23)18(24)22-8-7-14-15(10-22)21-17(20-14)12-3-5-13(19)6-4-12/h3-6,11,16,23H,7-10H2,1-2H3,(H,20,21)/t16-/m0/s1. The highest BCUT2D eigenvalue weighted by Crippen LogP contribution is 2.24. The van der Waals surface area contributed by atoms with E-state index in [2.05, 4.69) is 9.97 Å². The van der Waals surface area contributed by atoms with E-state index in [9.17, 15) is 9.90 Å². The Balaban J connectivity index is 1.74. The zero-order valence-corrected chi connectivity index (χ0v) is 14.7. The number of aliphatic hydroxyl groups is 1. The van der Waals surface area contributed by atoms with Gasteiger partial charge < -0.3 is 15.0 Å². The molecule has 1 aliphatic heterocycles. The van der Waals surface area contributed by atoms with E-state index in [4.69, 9.17) is 11.6 Å². The molecule has 0 bridgehead atoms. The summed E-state index contributed by atoms with van der Waals surface area (Å²) < 4.78 is 0. The Bertz CT molecular complexity index is 724. The van der Waals surface area contributed by atoms with Crippen molar-refractivity contribution >= 4 is 17.5 Å². The Hall–Kier alpha value is -1.85. The normalized spacial score (nSPS) is 15.5. The number of nitrogens with zero attached hydrogens (tertiary/aromatic N) is 2. The van der Waals surface area contributed by atoms with Gasteiger partial charge in [0, 0.05) is 23.6 Å².